The summed E-state index contributed by atoms with van der Waals surface area (Å²) in [5.41, 5.74) is 1.12. The Morgan fingerprint density at radius 2 is 1.70 bits per heavy atom. The summed E-state index contributed by atoms with van der Waals surface area (Å²) in [5.74, 6) is -3.04. The molecule has 0 bridgehead atoms. The summed E-state index contributed by atoms with van der Waals surface area (Å²) in [5, 5.41) is 2.59. The van der Waals surface area contributed by atoms with Crippen molar-refractivity contribution in [2.75, 3.05) is 27.1 Å². The lowest BCUT2D eigenvalue weighted by atomic mass is 9.91. The molecule has 1 saturated heterocycles. The van der Waals surface area contributed by atoms with Crippen LogP contribution in [0.2, 0.25) is 0 Å². The van der Waals surface area contributed by atoms with Crippen molar-refractivity contribution in [2.45, 2.75) is 38.5 Å². The summed E-state index contributed by atoms with van der Waals surface area (Å²) < 4.78 is 33.2. The molecular weight excluding hydrogens is 572 g/mol. The van der Waals surface area contributed by atoms with Crippen LogP contribution in [0, 0.1) is 5.92 Å². The maximum absolute atomic E-state index is 13.3. The van der Waals surface area contributed by atoms with Gasteiger partial charge in [-0.05, 0) is 31.0 Å². The van der Waals surface area contributed by atoms with E-state index in [1.807, 2.05) is 30.3 Å². The molecule has 1 fully saturated rings. The Hall–Kier alpha value is -4.97. The third-order valence-corrected chi connectivity index (χ3v) is 6.80. The van der Waals surface area contributed by atoms with Gasteiger partial charge in [0.2, 0.25) is 6.79 Å². The van der Waals surface area contributed by atoms with Gasteiger partial charge in [0.15, 0.2) is 23.2 Å². The number of methoxy groups -OCH3 is 1. The van der Waals surface area contributed by atoms with Gasteiger partial charge in [-0.3, -0.25) is 9.59 Å². The molecule has 1 aliphatic rings. The lowest BCUT2D eigenvalue weighted by Crippen LogP contribution is -2.46. The van der Waals surface area contributed by atoms with E-state index in [0.717, 1.165) is 5.56 Å². The number of carbonyl (C=O) groups excluding carboxylic acids is 4. The van der Waals surface area contributed by atoms with E-state index < -0.39 is 48.9 Å². The average molecular weight is 607 g/mol. The predicted octanol–water partition coefficient (Wildman–Crippen LogP) is 3.13. The zero-order valence-corrected chi connectivity index (χ0v) is 24.6. The average Bonchev–Trinajstić information content (AvgIpc) is 3.07. The fraction of sp³-hybridized carbons (Fsp3) is 0.344. The van der Waals surface area contributed by atoms with Gasteiger partial charge in [-0.15, -0.1) is 0 Å². The van der Waals surface area contributed by atoms with Gasteiger partial charge in [-0.25, -0.2) is 14.6 Å². The normalized spacial score (nSPS) is 20.1. The second kappa shape index (κ2) is 15.5. The van der Waals surface area contributed by atoms with Gasteiger partial charge >= 0.3 is 17.9 Å². The number of rotatable bonds is 10. The van der Waals surface area contributed by atoms with Crippen LogP contribution in [0.5, 0.6) is 11.5 Å². The Bertz CT molecular complexity index is 1430. The molecule has 4 rings (SSSR count). The molecule has 44 heavy (non-hydrogen) atoms. The molecule has 12 heteroatoms. The molecule has 0 spiro atoms. The summed E-state index contributed by atoms with van der Waals surface area (Å²) in [6, 6.07) is 18.4. The highest BCUT2D eigenvalue weighted by atomic mass is 16.7. The number of nitrogens with zero attached hydrogens (tertiary/aromatic N) is 1. The zero-order chi connectivity index (χ0) is 31.5. The standard InChI is InChI=1S/C32H34N2O10/c1-20-28(44-31(37)23-12-8-5-9-13-23)24(16-22-10-6-4-7-11-22)17-40-18-25(32(38)43-20)34-30(36)27-29(42-19-41-21(2)35)26(39-3)14-15-33-27/h4-15,20,24-25,28H,16-19H2,1-3H3,(H,34,36)/t20-,24-,25-,28-/m0/s1. The number of hydrogen-bond acceptors (Lipinski definition) is 11. The van der Waals surface area contributed by atoms with Crippen molar-refractivity contribution >= 4 is 23.8 Å². The SMILES string of the molecule is COc1ccnc(C(=O)N[C@H]2COC[C@H](Cc3ccccc3)[C@@H](OC(=O)c3ccccc3)[C@H](C)OC2=O)c1OCOC(C)=O. The number of ether oxygens (including phenoxy) is 6. The minimum atomic E-state index is -1.24. The van der Waals surface area contributed by atoms with Crippen molar-refractivity contribution in [3.63, 3.8) is 0 Å². The van der Waals surface area contributed by atoms with Gasteiger partial charge in [0.1, 0.15) is 12.2 Å². The number of nitrogens with one attached hydrogen (secondary N) is 1. The lowest BCUT2D eigenvalue weighted by Gasteiger charge is -2.30. The Labute approximate surface area is 254 Å². The summed E-state index contributed by atoms with van der Waals surface area (Å²) >= 11 is 0. The maximum Gasteiger partial charge on any atom is 0.338 e. The van der Waals surface area contributed by atoms with Gasteiger partial charge in [-0.1, -0.05) is 48.5 Å². The highest BCUT2D eigenvalue weighted by Gasteiger charge is 2.38. The highest BCUT2D eigenvalue weighted by molar-refractivity contribution is 5.98. The van der Waals surface area contributed by atoms with Crippen LogP contribution in [0.25, 0.3) is 0 Å². The molecular formula is C32H34N2O10. The molecule has 1 aliphatic heterocycles. The van der Waals surface area contributed by atoms with E-state index in [2.05, 4.69) is 10.3 Å². The van der Waals surface area contributed by atoms with E-state index in [1.165, 1.54) is 26.3 Å². The van der Waals surface area contributed by atoms with Gasteiger partial charge in [0.05, 0.1) is 25.9 Å². The fourth-order valence-electron chi connectivity index (χ4n) is 4.66. The van der Waals surface area contributed by atoms with Crippen molar-refractivity contribution in [3.8, 4) is 11.5 Å². The smallest absolute Gasteiger partial charge is 0.338 e. The first-order chi connectivity index (χ1) is 21.3. The molecule has 232 valence electrons. The number of benzene rings is 2. The molecule has 0 aliphatic carbocycles. The van der Waals surface area contributed by atoms with Crippen molar-refractivity contribution < 1.29 is 47.6 Å². The van der Waals surface area contributed by atoms with Crippen LogP contribution < -0.4 is 14.8 Å². The first-order valence-electron chi connectivity index (χ1n) is 13.9. The monoisotopic (exact) mass is 606 g/mol. The van der Waals surface area contributed by atoms with Crippen LogP contribution in [-0.2, 0) is 35.0 Å². The minimum Gasteiger partial charge on any atom is -0.493 e. The molecule has 1 aromatic heterocycles. The molecule has 0 saturated carbocycles. The number of cyclic esters (lactones) is 1. The number of aromatic nitrogens is 1. The second-order valence-corrected chi connectivity index (χ2v) is 9.98. The van der Waals surface area contributed by atoms with Crippen LogP contribution in [0.15, 0.2) is 72.9 Å². The molecule has 3 aromatic rings. The zero-order valence-electron chi connectivity index (χ0n) is 24.6. The van der Waals surface area contributed by atoms with E-state index in [0.29, 0.717) is 12.0 Å². The van der Waals surface area contributed by atoms with Crippen molar-refractivity contribution in [2.24, 2.45) is 5.92 Å². The Kier molecular flexibility index (Phi) is 11.2. The number of carbonyl (C=O) groups is 4. The topological polar surface area (TPSA) is 149 Å². The Morgan fingerprint density at radius 3 is 2.39 bits per heavy atom. The second-order valence-electron chi connectivity index (χ2n) is 9.98. The number of pyridine rings is 1. The van der Waals surface area contributed by atoms with Crippen LogP contribution >= 0.6 is 0 Å². The largest absolute Gasteiger partial charge is 0.493 e. The number of amides is 1. The lowest BCUT2D eigenvalue weighted by molar-refractivity contribution is -0.157. The molecule has 1 N–H and O–H groups in total. The van der Waals surface area contributed by atoms with E-state index >= 15 is 0 Å². The first kappa shape index (κ1) is 32.0. The van der Waals surface area contributed by atoms with Gasteiger partial charge in [0.25, 0.3) is 5.91 Å². The van der Waals surface area contributed by atoms with Gasteiger partial charge in [-0.2, -0.15) is 0 Å². The van der Waals surface area contributed by atoms with E-state index in [9.17, 15) is 19.2 Å². The molecule has 2 heterocycles. The fourth-order valence-corrected chi connectivity index (χ4v) is 4.66. The van der Waals surface area contributed by atoms with Crippen molar-refractivity contribution in [1.29, 1.82) is 0 Å². The van der Waals surface area contributed by atoms with Crippen LogP contribution in [0.1, 0.15) is 40.3 Å². The molecule has 0 unspecified atom stereocenters. The molecule has 1 amide bonds. The molecule has 2 aromatic carbocycles. The van der Waals surface area contributed by atoms with E-state index in [1.54, 1.807) is 37.3 Å². The minimum absolute atomic E-state index is 0.0877. The Morgan fingerprint density at radius 1 is 1.00 bits per heavy atom. The third kappa shape index (κ3) is 8.54. The van der Waals surface area contributed by atoms with Crippen LogP contribution in [-0.4, -0.2) is 74.2 Å². The van der Waals surface area contributed by atoms with Crippen molar-refractivity contribution in [3.05, 3.63) is 89.7 Å². The summed E-state index contributed by atoms with van der Waals surface area (Å²) in [7, 11) is 1.37. The van der Waals surface area contributed by atoms with Crippen molar-refractivity contribution in [1.82, 2.24) is 10.3 Å². The number of esters is 3. The Balaban J connectivity index is 1.54. The molecule has 12 nitrogen and oxygen atoms in total. The third-order valence-electron chi connectivity index (χ3n) is 6.80. The summed E-state index contributed by atoms with van der Waals surface area (Å²) in [4.78, 5) is 55.0. The summed E-state index contributed by atoms with van der Waals surface area (Å²) in [6.07, 6.45) is 0.0560. The molecule has 0 radical (unpaired) electrons. The predicted molar refractivity (Wildman–Crippen MR) is 155 cm³/mol. The molecule has 4 atom stereocenters. The number of hydrogen-bond donors (Lipinski definition) is 1. The maximum atomic E-state index is 13.3. The van der Waals surface area contributed by atoms with Crippen LogP contribution in [0.3, 0.4) is 0 Å². The van der Waals surface area contributed by atoms with E-state index in [-0.39, 0.29) is 36.3 Å². The highest BCUT2D eigenvalue weighted by Crippen LogP contribution is 2.30. The summed E-state index contributed by atoms with van der Waals surface area (Å²) in [6.45, 7) is 2.22. The quantitative estimate of drug-likeness (QED) is 0.206. The van der Waals surface area contributed by atoms with Gasteiger partial charge < -0.3 is 33.7 Å². The van der Waals surface area contributed by atoms with Crippen LogP contribution in [0.4, 0.5) is 0 Å². The van der Waals surface area contributed by atoms with E-state index in [4.69, 9.17) is 28.4 Å². The van der Waals surface area contributed by atoms with Gasteiger partial charge in [0, 0.05) is 25.1 Å². The first-order valence-corrected chi connectivity index (χ1v) is 13.9.